The molecule has 2 heteroatoms. The number of ether oxygens (including phenoxy) is 1. The number of aromatic nitrogens is 1. The maximum Gasteiger partial charge on any atom is 0.0702 e. The normalized spacial score (nSPS) is 19.4. The summed E-state index contributed by atoms with van der Waals surface area (Å²) in [6, 6.07) is 13.6. The lowest BCUT2D eigenvalue weighted by Gasteiger charge is -2.27. The van der Waals surface area contributed by atoms with Crippen LogP contribution < -0.4 is 0 Å². The second kappa shape index (κ2) is 12.7. The first-order chi connectivity index (χ1) is 14.8. The smallest absolute Gasteiger partial charge is 0.0702 e. The van der Waals surface area contributed by atoms with Crippen molar-refractivity contribution in [2.24, 2.45) is 5.92 Å². The Morgan fingerprint density at radius 3 is 2.37 bits per heavy atom. The van der Waals surface area contributed by atoms with Crippen LogP contribution in [0.2, 0.25) is 0 Å². The van der Waals surface area contributed by atoms with Crippen molar-refractivity contribution in [3.05, 3.63) is 65.9 Å². The lowest BCUT2D eigenvalue weighted by molar-refractivity contribution is 0.233. The minimum atomic E-state index is 0.703. The van der Waals surface area contributed by atoms with Gasteiger partial charge in [0.15, 0.2) is 0 Å². The Balaban J connectivity index is 1.48. The number of allylic oxidation sites excluding steroid dienone is 1. The topological polar surface area (TPSA) is 22.1 Å². The summed E-state index contributed by atoms with van der Waals surface area (Å²) in [5.41, 5.74) is 5.16. The van der Waals surface area contributed by atoms with E-state index < -0.39 is 0 Å². The third kappa shape index (κ3) is 7.09. The molecule has 2 nitrogen and oxygen atoms in total. The standard InChI is InChI=1S/C28H39NO/c1-3-4-5-6-7-9-24-13-20-28(29-22-24)27-18-16-26(17-19-27)25-14-11-23(12-15-25)10-8-21-30-2/h8,10,13,16-20,22-23,25H,3-7,9,11-12,14-15,21H2,1-2H3/b10-8+/t23-,25-. The number of aryl methyl sites for hydroxylation is 1. The van der Waals surface area contributed by atoms with Crippen molar-refractivity contribution in [1.29, 1.82) is 0 Å². The van der Waals surface area contributed by atoms with Crippen LogP contribution in [-0.4, -0.2) is 18.7 Å². The fourth-order valence-corrected chi connectivity index (χ4v) is 4.59. The number of hydrogen-bond acceptors (Lipinski definition) is 2. The molecule has 1 heterocycles. The molecule has 1 aliphatic carbocycles. The lowest BCUT2D eigenvalue weighted by Crippen LogP contribution is -2.11. The molecule has 0 atom stereocenters. The van der Waals surface area contributed by atoms with E-state index >= 15 is 0 Å². The fraction of sp³-hybridized carbons (Fsp3) is 0.536. The van der Waals surface area contributed by atoms with Gasteiger partial charge in [0, 0.05) is 18.9 Å². The molecule has 0 spiro atoms. The Labute approximate surface area is 183 Å². The van der Waals surface area contributed by atoms with Gasteiger partial charge in [0.1, 0.15) is 0 Å². The monoisotopic (exact) mass is 405 g/mol. The molecule has 1 fully saturated rings. The van der Waals surface area contributed by atoms with Gasteiger partial charge in [-0.2, -0.15) is 0 Å². The predicted molar refractivity (Wildman–Crippen MR) is 128 cm³/mol. The number of benzene rings is 1. The summed E-state index contributed by atoms with van der Waals surface area (Å²) >= 11 is 0. The Hall–Kier alpha value is -1.93. The third-order valence-electron chi connectivity index (χ3n) is 6.51. The van der Waals surface area contributed by atoms with E-state index in [1.807, 2.05) is 0 Å². The Morgan fingerprint density at radius 1 is 0.933 bits per heavy atom. The molecule has 1 aromatic carbocycles. The molecule has 1 saturated carbocycles. The zero-order chi connectivity index (χ0) is 21.0. The van der Waals surface area contributed by atoms with E-state index in [1.165, 1.54) is 74.5 Å². The number of pyridine rings is 1. The van der Waals surface area contributed by atoms with Crippen LogP contribution in [0.4, 0.5) is 0 Å². The van der Waals surface area contributed by atoms with E-state index in [1.54, 1.807) is 7.11 Å². The number of methoxy groups -OCH3 is 1. The Morgan fingerprint density at radius 2 is 1.70 bits per heavy atom. The van der Waals surface area contributed by atoms with Gasteiger partial charge >= 0.3 is 0 Å². The lowest BCUT2D eigenvalue weighted by atomic mass is 9.78. The molecule has 162 valence electrons. The molecule has 0 unspecified atom stereocenters. The maximum atomic E-state index is 5.12. The summed E-state index contributed by atoms with van der Waals surface area (Å²) in [4.78, 5) is 4.73. The highest BCUT2D eigenvalue weighted by atomic mass is 16.5. The molecule has 0 N–H and O–H groups in total. The number of rotatable bonds is 11. The third-order valence-corrected chi connectivity index (χ3v) is 6.51. The van der Waals surface area contributed by atoms with Gasteiger partial charge in [0.05, 0.1) is 12.3 Å². The van der Waals surface area contributed by atoms with Gasteiger partial charge < -0.3 is 4.74 Å². The van der Waals surface area contributed by atoms with Crippen LogP contribution in [0.15, 0.2) is 54.7 Å². The second-order valence-corrected chi connectivity index (χ2v) is 8.83. The van der Waals surface area contributed by atoms with Gasteiger partial charge in [-0.1, -0.05) is 75.1 Å². The van der Waals surface area contributed by atoms with Gasteiger partial charge in [0.25, 0.3) is 0 Å². The quantitative estimate of drug-likeness (QED) is 0.282. The highest BCUT2D eigenvalue weighted by Crippen LogP contribution is 2.36. The van der Waals surface area contributed by atoms with Crippen molar-refractivity contribution < 1.29 is 4.74 Å². The van der Waals surface area contributed by atoms with Crippen molar-refractivity contribution in [3.8, 4) is 11.3 Å². The van der Waals surface area contributed by atoms with E-state index in [4.69, 9.17) is 9.72 Å². The van der Waals surface area contributed by atoms with E-state index in [2.05, 4.69) is 61.7 Å². The highest BCUT2D eigenvalue weighted by Gasteiger charge is 2.20. The molecule has 1 aliphatic rings. The first kappa shape index (κ1) is 22.7. The zero-order valence-corrected chi connectivity index (χ0v) is 19.0. The van der Waals surface area contributed by atoms with Crippen LogP contribution in [0.1, 0.15) is 81.8 Å². The van der Waals surface area contributed by atoms with Gasteiger partial charge in [-0.15, -0.1) is 0 Å². The van der Waals surface area contributed by atoms with E-state index in [9.17, 15) is 0 Å². The average molecular weight is 406 g/mol. The molecule has 0 aliphatic heterocycles. The predicted octanol–water partition coefficient (Wildman–Crippen LogP) is 7.74. The van der Waals surface area contributed by atoms with Crippen LogP contribution in [0.3, 0.4) is 0 Å². The molecule has 0 bridgehead atoms. The molecule has 0 amide bonds. The minimum Gasteiger partial charge on any atom is -0.381 e. The van der Waals surface area contributed by atoms with E-state index in [0.29, 0.717) is 5.92 Å². The highest BCUT2D eigenvalue weighted by molar-refractivity contribution is 5.59. The summed E-state index contributed by atoms with van der Waals surface area (Å²) in [5, 5.41) is 0. The second-order valence-electron chi connectivity index (χ2n) is 8.83. The van der Waals surface area contributed by atoms with Crippen molar-refractivity contribution in [2.45, 2.75) is 77.0 Å². The molecule has 3 rings (SSSR count). The summed E-state index contributed by atoms with van der Waals surface area (Å²) < 4.78 is 5.12. The summed E-state index contributed by atoms with van der Waals surface area (Å²) in [6.45, 7) is 3.00. The number of unbranched alkanes of at least 4 members (excludes halogenated alkanes) is 4. The molecule has 1 aromatic heterocycles. The van der Waals surface area contributed by atoms with Crippen LogP contribution in [-0.2, 0) is 11.2 Å². The molecule has 30 heavy (non-hydrogen) atoms. The molecule has 0 radical (unpaired) electrons. The SMILES string of the molecule is CCCCCCCc1ccc(-c2ccc([C@H]3CC[C@H](/C=C/COC)CC3)cc2)nc1. The van der Waals surface area contributed by atoms with Crippen LogP contribution in [0.5, 0.6) is 0 Å². The number of nitrogens with zero attached hydrogens (tertiary/aromatic N) is 1. The molecule has 0 saturated heterocycles. The minimum absolute atomic E-state index is 0.703. The van der Waals surface area contributed by atoms with Gasteiger partial charge in [0.2, 0.25) is 0 Å². The van der Waals surface area contributed by atoms with Crippen LogP contribution in [0.25, 0.3) is 11.3 Å². The summed E-state index contributed by atoms with van der Waals surface area (Å²) in [7, 11) is 1.75. The van der Waals surface area contributed by atoms with Crippen molar-refractivity contribution in [2.75, 3.05) is 13.7 Å². The van der Waals surface area contributed by atoms with Gasteiger partial charge in [-0.3, -0.25) is 4.98 Å². The number of hydrogen-bond donors (Lipinski definition) is 0. The van der Waals surface area contributed by atoms with E-state index in [-0.39, 0.29) is 0 Å². The van der Waals surface area contributed by atoms with Crippen molar-refractivity contribution >= 4 is 0 Å². The van der Waals surface area contributed by atoms with Gasteiger partial charge in [-0.25, -0.2) is 0 Å². The molecular formula is C28H39NO. The Kier molecular flexibility index (Phi) is 9.63. The summed E-state index contributed by atoms with van der Waals surface area (Å²) in [6.07, 6.45) is 19.5. The zero-order valence-electron chi connectivity index (χ0n) is 19.0. The maximum absolute atomic E-state index is 5.12. The van der Waals surface area contributed by atoms with Gasteiger partial charge in [-0.05, 0) is 67.6 Å². The largest absolute Gasteiger partial charge is 0.381 e. The van der Waals surface area contributed by atoms with Crippen LogP contribution >= 0.6 is 0 Å². The van der Waals surface area contributed by atoms with E-state index in [0.717, 1.165) is 24.6 Å². The molecule has 2 aromatic rings. The molecular weight excluding hydrogens is 366 g/mol. The first-order valence-corrected chi connectivity index (χ1v) is 12.0. The average Bonchev–Trinajstić information content (AvgIpc) is 2.80. The fourth-order valence-electron chi connectivity index (χ4n) is 4.59. The van der Waals surface area contributed by atoms with Crippen molar-refractivity contribution in [1.82, 2.24) is 4.98 Å². The summed E-state index contributed by atoms with van der Waals surface area (Å²) in [5.74, 6) is 1.43. The first-order valence-electron chi connectivity index (χ1n) is 12.0. The van der Waals surface area contributed by atoms with Crippen LogP contribution in [0, 0.1) is 5.92 Å². The van der Waals surface area contributed by atoms with Crippen molar-refractivity contribution in [3.63, 3.8) is 0 Å². The Bertz CT molecular complexity index is 739.